The van der Waals surface area contributed by atoms with Gasteiger partial charge in [-0.25, -0.2) is 0 Å². The second-order valence-electron chi connectivity index (χ2n) is 4.82. The molecule has 1 aliphatic carbocycles. The minimum absolute atomic E-state index is 0.587. The maximum absolute atomic E-state index is 5.26. The van der Waals surface area contributed by atoms with Crippen LogP contribution in [-0.2, 0) is 0 Å². The van der Waals surface area contributed by atoms with E-state index < -0.39 is 0 Å². The molecule has 0 unspecified atom stereocenters. The third-order valence-corrected chi connectivity index (χ3v) is 3.38. The predicted octanol–water partition coefficient (Wildman–Crippen LogP) is 3.80. The molecule has 19 heavy (non-hydrogen) atoms. The molecule has 0 amide bonds. The predicted molar refractivity (Wildman–Crippen MR) is 84.3 cm³/mol. The van der Waals surface area contributed by atoms with Crippen molar-refractivity contribution in [3.63, 3.8) is 0 Å². The minimum Gasteiger partial charge on any atom is -0.360 e. The zero-order chi connectivity index (χ0) is 13.1. The van der Waals surface area contributed by atoms with Crippen molar-refractivity contribution in [2.45, 2.75) is 18.9 Å². The molecule has 2 N–H and O–H groups in total. The van der Waals surface area contributed by atoms with Crippen LogP contribution >= 0.6 is 12.2 Å². The summed E-state index contributed by atoms with van der Waals surface area (Å²) in [6, 6.07) is 19.3. The van der Waals surface area contributed by atoms with E-state index in [0.29, 0.717) is 6.04 Å². The molecule has 3 rings (SSSR count). The van der Waals surface area contributed by atoms with Crippen molar-refractivity contribution in [1.29, 1.82) is 0 Å². The lowest BCUT2D eigenvalue weighted by atomic mass is 10.1. The Morgan fingerprint density at radius 1 is 0.895 bits per heavy atom. The smallest absolute Gasteiger partial charge is 0.170 e. The Hall–Kier alpha value is -1.87. The van der Waals surface area contributed by atoms with Crippen LogP contribution in [0.25, 0.3) is 11.1 Å². The topological polar surface area (TPSA) is 24.1 Å². The van der Waals surface area contributed by atoms with E-state index in [1.54, 1.807) is 0 Å². The summed E-state index contributed by atoms with van der Waals surface area (Å²) in [7, 11) is 0. The van der Waals surface area contributed by atoms with Gasteiger partial charge in [-0.3, -0.25) is 0 Å². The summed E-state index contributed by atoms with van der Waals surface area (Å²) in [5.41, 5.74) is 3.47. The monoisotopic (exact) mass is 268 g/mol. The number of rotatable bonds is 3. The summed E-state index contributed by atoms with van der Waals surface area (Å²) >= 11 is 5.26. The van der Waals surface area contributed by atoms with Gasteiger partial charge in [0, 0.05) is 11.7 Å². The Morgan fingerprint density at radius 2 is 1.53 bits per heavy atom. The first-order valence-electron chi connectivity index (χ1n) is 6.54. The molecule has 2 nitrogen and oxygen atoms in total. The van der Waals surface area contributed by atoms with Gasteiger partial charge in [0.05, 0.1) is 0 Å². The van der Waals surface area contributed by atoms with E-state index in [0.717, 1.165) is 10.8 Å². The van der Waals surface area contributed by atoms with Crippen molar-refractivity contribution in [3.05, 3.63) is 54.6 Å². The molecule has 3 heteroatoms. The highest BCUT2D eigenvalue weighted by Crippen LogP contribution is 2.22. The first-order valence-corrected chi connectivity index (χ1v) is 6.95. The zero-order valence-corrected chi connectivity index (χ0v) is 11.4. The van der Waals surface area contributed by atoms with Gasteiger partial charge < -0.3 is 10.6 Å². The fourth-order valence-corrected chi connectivity index (χ4v) is 2.24. The molecular formula is C16H16N2S. The van der Waals surface area contributed by atoms with Crippen LogP contribution in [0, 0.1) is 0 Å². The molecule has 0 bridgehead atoms. The fourth-order valence-electron chi connectivity index (χ4n) is 1.96. The first-order chi connectivity index (χ1) is 9.31. The van der Waals surface area contributed by atoms with Crippen LogP contribution in [0.3, 0.4) is 0 Å². The van der Waals surface area contributed by atoms with Crippen molar-refractivity contribution >= 4 is 23.0 Å². The van der Waals surface area contributed by atoms with Gasteiger partial charge in [-0.2, -0.15) is 0 Å². The van der Waals surface area contributed by atoms with Crippen LogP contribution in [0.4, 0.5) is 5.69 Å². The van der Waals surface area contributed by atoms with E-state index in [-0.39, 0.29) is 0 Å². The van der Waals surface area contributed by atoms with Gasteiger partial charge in [0.2, 0.25) is 0 Å². The van der Waals surface area contributed by atoms with Crippen molar-refractivity contribution in [2.75, 3.05) is 5.32 Å². The van der Waals surface area contributed by atoms with Crippen LogP contribution in [-0.4, -0.2) is 11.2 Å². The molecule has 0 radical (unpaired) electrons. The van der Waals surface area contributed by atoms with Crippen LogP contribution < -0.4 is 10.6 Å². The highest BCUT2D eigenvalue weighted by Gasteiger charge is 2.21. The second-order valence-corrected chi connectivity index (χ2v) is 5.22. The number of hydrogen-bond donors (Lipinski definition) is 2. The van der Waals surface area contributed by atoms with Crippen molar-refractivity contribution < 1.29 is 0 Å². The van der Waals surface area contributed by atoms with Gasteiger partial charge in [0.25, 0.3) is 0 Å². The fraction of sp³-hybridized carbons (Fsp3) is 0.188. The normalized spacial score (nSPS) is 13.9. The average Bonchev–Trinajstić information content (AvgIpc) is 3.24. The minimum atomic E-state index is 0.587. The average molecular weight is 268 g/mol. The molecule has 2 aromatic rings. The number of hydrogen-bond acceptors (Lipinski definition) is 1. The van der Waals surface area contributed by atoms with Gasteiger partial charge in [0.1, 0.15) is 0 Å². The molecule has 0 heterocycles. The Labute approximate surface area is 118 Å². The van der Waals surface area contributed by atoms with E-state index in [4.69, 9.17) is 12.2 Å². The molecule has 96 valence electrons. The zero-order valence-electron chi connectivity index (χ0n) is 10.6. The van der Waals surface area contributed by atoms with Crippen molar-refractivity contribution in [1.82, 2.24) is 5.32 Å². The van der Waals surface area contributed by atoms with E-state index >= 15 is 0 Å². The summed E-state index contributed by atoms with van der Waals surface area (Å²) in [4.78, 5) is 0. The molecule has 1 saturated carbocycles. The Balaban J connectivity index is 1.66. The molecule has 0 saturated heterocycles. The number of thiocarbonyl (C=S) groups is 1. The lowest BCUT2D eigenvalue weighted by Gasteiger charge is -2.10. The van der Waals surface area contributed by atoms with E-state index in [9.17, 15) is 0 Å². The van der Waals surface area contributed by atoms with E-state index in [1.165, 1.54) is 24.0 Å². The van der Waals surface area contributed by atoms with Gasteiger partial charge >= 0.3 is 0 Å². The largest absolute Gasteiger partial charge is 0.360 e. The number of benzene rings is 2. The molecule has 0 aliphatic heterocycles. The molecule has 0 atom stereocenters. The van der Waals surface area contributed by atoms with E-state index in [1.807, 2.05) is 6.07 Å². The summed E-state index contributed by atoms with van der Waals surface area (Å²) < 4.78 is 0. The third kappa shape index (κ3) is 3.32. The van der Waals surface area contributed by atoms with Gasteiger partial charge in [0.15, 0.2) is 5.11 Å². The summed E-state index contributed by atoms with van der Waals surface area (Å²) in [5.74, 6) is 0. The summed E-state index contributed by atoms with van der Waals surface area (Å²) in [6.07, 6.45) is 2.46. The van der Waals surface area contributed by atoms with Crippen LogP contribution in [0.5, 0.6) is 0 Å². The third-order valence-electron chi connectivity index (χ3n) is 3.16. The molecule has 0 spiro atoms. The highest BCUT2D eigenvalue weighted by atomic mass is 32.1. The maximum atomic E-state index is 5.26. The van der Waals surface area contributed by atoms with Gasteiger partial charge in [-0.1, -0.05) is 42.5 Å². The molecule has 1 fully saturated rings. The lowest BCUT2D eigenvalue weighted by Crippen LogP contribution is -2.30. The molecule has 1 aliphatic rings. The van der Waals surface area contributed by atoms with Gasteiger partial charge in [-0.15, -0.1) is 0 Å². The van der Waals surface area contributed by atoms with Crippen molar-refractivity contribution in [3.8, 4) is 11.1 Å². The highest BCUT2D eigenvalue weighted by molar-refractivity contribution is 7.80. The van der Waals surface area contributed by atoms with Crippen LogP contribution in [0.1, 0.15) is 12.8 Å². The second kappa shape index (κ2) is 5.41. The molecule has 0 aromatic heterocycles. The quantitative estimate of drug-likeness (QED) is 0.828. The Bertz CT molecular complexity index is 559. The number of anilines is 1. The van der Waals surface area contributed by atoms with E-state index in [2.05, 4.69) is 59.2 Å². The maximum Gasteiger partial charge on any atom is 0.170 e. The standard InChI is InChI=1S/C16H16N2S/c19-16(18-15-10-11-15)17-14-8-6-13(7-9-14)12-4-2-1-3-5-12/h1-9,15H,10-11H2,(H2,17,18,19). The van der Waals surface area contributed by atoms with Crippen LogP contribution in [0.2, 0.25) is 0 Å². The Morgan fingerprint density at radius 3 is 2.16 bits per heavy atom. The lowest BCUT2D eigenvalue weighted by molar-refractivity contribution is 0.919. The first kappa shape index (κ1) is 12.2. The summed E-state index contributed by atoms with van der Waals surface area (Å²) in [5, 5.41) is 7.20. The summed E-state index contributed by atoms with van der Waals surface area (Å²) in [6.45, 7) is 0. The molecular weight excluding hydrogens is 252 g/mol. The number of nitrogens with one attached hydrogen (secondary N) is 2. The Kier molecular flexibility index (Phi) is 3.47. The van der Waals surface area contributed by atoms with Gasteiger partial charge in [-0.05, 0) is 48.3 Å². The SMILES string of the molecule is S=C(Nc1ccc(-c2ccccc2)cc1)NC1CC1. The van der Waals surface area contributed by atoms with Crippen molar-refractivity contribution in [2.24, 2.45) is 0 Å². The molecule has 2 aromatic carbocycles. The van der Waals surface area contributed by atoms with Crippen LogP contribution in [0.15, 0.2) is 54.6 Å².